The van der Waals surface area contributed by atoms with E-state index in [1.807, 2.05) is 52.5 Å². The Labute approximate surface area is 137 Å². The van der Waals surface area contributed by atoms with Gasteiger partial charge in [-0.25, -0.2) is 0 Å². The minimum absolute atomic E-state index is 0.00158. The standard InChI is InChI=1S/C18H14O2S2/c19-16(13-5-2-1-3-6-13)11-15(14-8-10-21-12-14)18(20)17-7-4-9-22-17/h1-10,12,15H,11H2. The van der Waals surface area contributed by atoms with E-state index in [9.17, 15) is 9.59 Å². The highest BCUT2D eigenvalue weighted by atomic mass is 32.1. The maximum absolute atomic E-state index is 12.7. The molecule has 0 spiro atoms. The second-order valence-corrected chi connectivity index (χ2v) is 6.67. The minimum atomic E-state index is -0.405. The molecule has 0 N–H and O–H groups in total. The van der Waals surface area contributed by atoms with Crippen LogP contribution in [-0.2, 0) is 0 Å². The number of ketones is 2. The quantitative estimate of drug-likeness (QED) is 0.594. The second kappa shape index (κ2) is 6.81. The van der Waals surface area contributed by atoms with E-state index in [2.05, 4.69) is 0 Å². The van der Waals surface area contributed by atoms with E-state index in [0.29, 0.717) is 10.4 Å². The molecule has 1 unspecified atom stereocenters. The van der Waals surface area contributed by atoms with Gasteiger partial charge in [0.25, 0.3) is 0 Å². The van der Waals surface area contributed by atoms with Gasteiger partial charge in [0.05, 0.1) is 10.8 Å². The Bertz CT molecular complexity index is 744. The van der Waals surface area contributed by atoms with E-state index in [-0.39, 0.29) is 18.0 Å². The van der Waals surface area contributed by atoms with Crippen LogP contribution in [0.5, 0.6) is 0 Å². The largest absolute Gasteiger partial charge is 0.294 e. The summed E-state index contributed by atoms with van der Waals surface area (Å²) in [6, 6.07) is 14.8. The van der Waals surface area contributed by atoms with Crippen molar-refractivity contribution in [3.63, 3.8) is 0 Å². The van der Waals surface area contributed by atoms with Crippen molar-refractivity contribution in [2.45, 2.75) is 12.3 Å². The average molecular weight is 326 g/mol. The fraction of sp³-hybridized carbons (Fsp3) is 0.111. The molecule has 22 heavy (non-hydrogen) atoms. The van der Waals surface area contributed by atoms with Crippen molar-refractivity contribution >= 4 is 34.2 Å². The highest BCUT2D eigenvalue weighted by Gasteiger charge is 2.26. The van der Waals surface area contributed by atoms with Crippen molar-refractivity contribution in [1.82, 2.24) is 0 Å². The molecule has 0 aliphatic carbocycles. The van der Waals surface area contributed by atoms with E-state index in [4.69, 9.17) is 0 Å². The minimum Gasteiger partial charge on any atom is -0.294 e. The highest BCUT2D eigenvalue weighted by Crippen LogP contribution is 2.29. The van der Waals surface area contributed by atoms with Crippen LogP contribution in [0.3, 0.4) is 0 Å². The van der Waals surface area contributed by atoms with Crippen molar-refractivity contribution in [3.05, 3.63) is 80.7 Å². The van der Waals surface area contributed by atoms with Gasteiger partial charge in [-0.15, -0.1) is 11.3 Å². The van der Waals surface area contributed by atoms with Gasteiger partial charge in [0.1, 0.15) is 0 Å². The average Bonchev–Trinajstić information content (AvgIpc) is 3.25. The van der Waals surface area contributed by atoms with Crippen molar-refractivity contribution in [1.29, 1.82) is 0 Å². The Balaban J connectivity index is 1.87. The van der Waals surface area contributed by atoms with Crippen LogP contribution in [0.4, 0.5) is 0 Å². The third-order valence-electron chi connectivity index (χ3n) is 3.51. The third-order valence-corrected chi connectivity index (χ3v) is 5.10. The van der Waals surface area contributed by atoms with Crippen molar-refractivity contribution in [3.8, 4) is 0 Å². The molecule has 0 bridgehead atoms. The lowest BCUT2D eigenvalue weighted by atomic mass is 9.89. The summed E-state index contributed by atoms with van der Waals surface area (Å²) in [5.74, 6) is -0.378. The lowest BCUT2D eigenvalue weighted by molar-refractivity contribution is 0.0896. The smallest absolute Gasteiger partial charge is 0.180 e. The SMILES string of the molecule is O=C(CC(C(=O)c1cccs1)c1ccsc1)c1ccccc1. The number of Topliss-reactive ketones (excluding diaryl/α,β-unsaturated/α-hetero) is 2. The summed E-state index contributed by atoms with van der Waals surface area (Å²) in [5.41, 5.74) is 1.58. The molecule has 2 heterocycles. The van der Waals surface area contributed by atoms with Gasteiger partial charge < -0.3 is 0 Å². The van der Waals surface area contributed by atoms with Crippen LogP contribution in [-0.4, -0.2) is 11.6 Å². The fourth-order valence-corrected chi connectivity index (χ4v) is 3.79. The van der Waals surface area contributed by atoms with Crippen LogP contribution in [0, 0.1) is 0 Å². The van der Waals surface area contributed by atoms with Crippen LogP contribution in [0.2, 0.25) is 0 Å². The van der Waals surface area contributed by atoms with E-state index in [0.717, 1.165) is 5.56 Å². The second-order valence-electron chi connectivity index (χ2n) is 4.94. The number of carbonyl (C=O) groups excluding carboxylic acids is 2. The van der Waals surface area contributed by atoms with Gasteiger partial charge in [-0.05, 0) is 33.8 Å². The molecular weight excluding hydrogens is 312 g/mol. The Morgan fingerprint density at radius 3 is 2.41 bits per heavy atom. The van der Waals surface area contributed by atoms with Crippen molar-refractivity contribution < 1.29 is 9.59 Å². The third kappa shape index (κ3) is 3.24. The number of benzene rings is 1. The number of rotatable bonds is 6. The van der Waals surface area contributed by atoms with Gasteiger partial charge in [0.15, 0.2) is 11.6 Å². The van der Waals surface area contributed by atoms with E-state index in [1.165, 1.54) is 11.3 Å². The first-order chi connectivity index (χ1) is 10.8. The first kappa shape index (κ1) is 14.9. The highest BCUT2D eigenvalue weighted by molar-refractivity contribution is 7.12. The van der Waals surface area contributed by atoms with Gasteiger partial charge in [-0.2, -0.15) is 11.3 Å². The molecule has 1 aromatic carbocycles. The molecular formula is C18H14O2S2. The molecule has 1 atom stereocenters. The van der Waals surface area contributed by atoms with Crippen LogP contribution in [0.25, 0.3) is 0 Å². The summed E-state index contributed by atoms with van der Waals surface area (Å²) in [6.07, 6.45) is 0.206. The predicted molar refractivity (Wildman–Crippen MR) is 91.1 cm³/mol. The first-order valence-electron chi connectivity index (χ1n) is 6.94. The van der Waals surface area contributed by atoms with Gasteiger partial charge in [0.2, 0.25) is 0 Å². The lowest BCUT2D eigenvalue weighted by Crippen LogP contribution is -2.16. The number of thiophene rings is 2. The monoisotopic (exact) mass is 326 g/mol. The molecule has 0 aliphatic rings. The summed E-state index contributed by atoms with van der Waals surface area (Å²) in [5, 5.41) is 5.78. The summed E-state index contributed by atoms with van der Waals surface area (Å²) < 4.78 is 0. The zero-order chi connectivity index (χ0) is 15.4. The Kier molecular flexibility index (Phi) is 4.61. The van der Waals surface area contributed by atoms with Crippen LogP contribution in [0.1, 0.15) is 37.9 Å². The van der Waals surface area contributed by atoms with Gasteiger partial charge in [0, 0.05) is 12.0 Å². The zero-order valence-electron chi connectivity index (χ0n) is 11.8. The molecule has 2 nitrogen and oxygen atoms in total. The summed E-state index contributed by atoms with van der Waals surface area (Å²) in [7, 11) is 0. The normalized spacial score (nSPS) is 12.0. The Morgan fingerprint density at radius 1 is 0.955 bits per heavy atom. The van der Waals surface area contributed by atoms with Crippen LogP contribution >= 0.6 is 22.7 Å². The van der Waals surface area contributed by atoms with E-state index >= 15 is 0 Å². The molecule has 3 aromatic rings. The molecule has 110 valence electrons. The molecule has 0 fully saturated rings. The van der Waals surface area contributed by atoms with Crippen LogP contribution < -0.4 is 0 Å². The Morgan fingerprint density at radius 2 is 1.77 bits per heavy atom. The summed E-state index contributed by atoms with van der Waals surface area (Å²) >= 11 is 2.97. The maximum atomic E-state index is 12.7. The molecule has 0 saturated carbocycles. The fourth-order valence-electron chi connectivity index (χ4n) is 2.35. The summed E-state index contributed by atoms with van der Waals surface area (Å²) in [6.45, 7) is 0. The molecule has 2 aromatic heterocycles. The van der Waals surface area contributed by atoms with Crippen molar-refractivity contribution in [2.75, 3.05) is 0 Å². The summed E-state index contributed by atoms with van der Waals surface area (Å²) in [4.78, 5) is 25.9. The van der Waals surface area contributed by atoms with Gasteiger partial charge in [-0.3, -0.25) is 9.59 Å². The molecule has 0 radical (unpaired) electrons. The van der Waals surface area contributed by atoms with Gasteiger partial charge in [-0.1, -0.05) is 36.4 Å². The molecule has 4 heteroatoms. The molecule has 3 rings (SSSR count). The van der Waals surface area contributed by atoms with Gasteiger partial charge >= 0.3 is 0 Å². The van der Waals surface area contributed by atoms with E-state index in [1.54, 1.807) is 23.5 Å². The Hall–Kier alpha value is -2.04. The topological polar surface area (TPSA) is 34.1 Å². The van der Waals surface area contributed by atoms with E-state index < -0.39 is 5.92 Å². The predicted octanol–water partition coefficient (Wildman–Crippen LogP) is 5.05. The number of hydrogen-bond acceptors (Lipinski definition) is 4. The maximum Gasteiger partial charge on any atom is 0.180 e. The number of hydrogen-bond donors (Lipinski definition) is 0. The lowest BCUT2D eigenvalue weighted by Gasteiger charge is -2.13. The molecule has 0 saturated heterocycles. The molecule has 0 aliphatic heterocycles. The van der Waals surface area contributed by atoms with Crippen molar-refractivity contribution in [2.24, 2.45) is 0 Å². The zero-order valence-corrected chi connectivity index (χ0v) is 13.4. The number of carbonyl (C=O) groups is 2. The van der Waals surface area contributed by atoms with Crippen LogP contribution in [0.15, 0.2) is 64.7 Å². The first-order valence-corrected chi connectivity index (χ1v) is 8.76. The molecule has 0 amide bonds.